The highest BCUT2D eigenvalue weighted by Gasteiger charge is 2.36. The Hall–Kier alpha value is -11.9. The summed E-state index contributed by atoms with van der Waals surface area (Å²) < 4.78 is 49.7. The number of fused-ring (bicyclic) bond motifs is 1. The van der Waals surface area contributed by atoms with Crippen LogP contribution >= 0.6 is 15.2 Å². The van der Waals surface area contributed by atoms with Gasteiger partial charge in [-0.25, -0.2) is 13.6 Å². The average Bonchev–Trinajstić information content (AvgIpc) is 1.83. The summed E-state index contributed by atoms with van der Waals surface area (Å²) in [5.41, 5.74) is 6.81. The zero-order valence-corrected chi connectivity index (χ0v) is 71.4. The van der Waals surface area contributed by atoms with E-state index in [1.807, 2.05) is 0 Å². The fourth-order valence-electron chi connectivity index (χ4n) is 13.0. The van der Waals surface area contributed by atoms with Crippen LogP contribution in [0.5, 0.6) is 0 Å². The summed E-state index contributed by atoms with van der Waals surface area (Å²) in [6, 6.07) is 23.0. The largest absolute Gasteiger partial charge is 0.368 e. The number of primary sulfonamides is 1. The number of aromatic amines is 1. The van der Waals surface area contributed by atoms with Crippen molar-refractivity contribution >= 4 is 118 Å². The monoisotopic (exact) mass is 1780 g/mol. The van der Waals surface area contributed by atoms with E-state index in [0.717, 1.165) is 80.5 Å². The Kier molecular flexibility index (Phi) is 37.2. The maximum absolute atomic E-state index is 15.8. The van der Waals surface area contributed by atoms with Crippen LogP contribution in [0.25, 0.3) is 10.9 Å². The number of likely N-dealkylation sites (N-methyl/N-ethyl adjacent to an activating group) is 1. The number of amides is 10. The molecule has 0 aliphatic carbocycles. The number of carbonyl (C=O) groups is 10. The third-order valence-electron chi connectivity index (χ3n) is 20.4. The lowest BCUT2D eigenvalue weighted by Gasteiger charge is -2.35. The van der Waals surface area contributed by atoms with E-state index in [9.17, 15) is 102 Å². The molecule has 43 nitrogen and oxygen atoms in total. The van der Waals surface area contributed by atoms with Gasteiger partial charge in [-0.05, 0) is 99.6 Å². The van der Waals surface area contributed by atoms with Gasteiger partial charge in [-0.2, -0.15) is 0 Å². The number of H-pyrrole nitrogens is 1. The zero-order valence-electron chi connectivity index (χ0n) is 68.8. The molecule has 46 heteroatoms. The summed E-state index contributed by atoms with van der Waals surface area (Å²) in [6.07, 6.45) is -0.757. The van der Waals surface area contributed by atoms with E-state index < -0.39 is 237 Å². The summed E-state index contributed by atoms with van der Waals surface area (Å²) in [6.45, 7) is -1.68. The topological polar surface area (TPSA) is 601 Å². The van der Waals surface area contributed by atoms with Gasteiger partial charge in [0.1, 0.15) is 13.1 Å². The molecule has 0 spiro atoms. The number of unbranched alkanes of at least 4 members (excludes halogenated alkanes) is 1. The Balaban J connectivity index is 1.40. The molecule has 6 rings (SSSR count). The van der Waals surface area contributed by atoms with Crippen LogP contribution in [0.4, 0.5) is 22.7 Å². The highest BCUT2D eigenvalue weighted by Crippen LogP contribution is 2.37. The Labute approximate surface area is 707 Å². The Bertz CT molecular complexity index is 5000. The molecule has 10 N–H and O–H groups in total. The molecule has 5 aromatic carbocycles. The molecule has 1 heterocycles. The van der Waals surface area contributed by atoms with Crippen LogP contribution in [0.1, 0.15) is 119 Å². The van der Waals surface area contributed by atoms with Gasteiger partial charge in [0.15, 0.2) is 0 Å². The van der Waals surface area contributed by atoms with E-state index in [0.29, 0.717) is 22.0 Å². The molecule has 4 atom stereocenters. The van der Waals surface area contributed by atoms with E-state index >= 15 is 24.0 Å². The van der Waals surface area contributed by atoms with Gasteiger partial charge in [0, 0.05) is 118 Å². The number of para-hydroxylation sites is 1. The van der Waals surface area contributed by atoms with Crippen LogP contribution in [-0.4, -0.2) is 279 Å². The van der Waals surface area contributed by atoms with Gasteiger partial charge in [-0.15, -0.1) is 0 Å². The van der Waals surface area contributed by atoms with Crippen LogP contribution < -0.4 is 16.2 Å². The molecule has 0 fully saturated rings. The summed E-state index contributed by atoms with van der Waals surface area (Å²) in [5, 5.41) is 55.6. The number of hydrogen-bond donors (Lipinski definition) is 8. The minimum absolute atomic E-state index is 0.0362. The lowest BCUT2D eigenvalue weighted by atomic mass is 10.1. The fourth-order valence-corrected chi connectivity index (χ4v) is 14.7. The number of nitro benzene ring substituents is 4. The highest BCUT2D eigenvalue weighted by atomic mass is 32.2. The summed E-state index contributed by atoms with van der Waals surface area (Å²) in [7, 11) is -12.7. The van der Waals surface area contributed by atoms with E-state index in [1.165, 1.54) is 88.5 Å². The molecule has 0 saturated heterocycles. The van der Waals surface area contributed by atoms with Crippen molar-refractivity contribution in [3.8, 4) is 0 Å². The van der Waals surface area contributed by atoms with E-state index in [2.05, 4.69) is 10.3 Å². The molecule has 0 aliphatic heterocycles. The molecular weight excluding hydrogens is 1670 g/mol. The lowest BCUT2D eigenvalue weighted by Crippen LogP contribution is -2.53. The number of rotatable bonds is 50. The summed E-state index contributed by atoms with van der Waals surface area (Å²) >= 11 is 0. The number of benzene rings is 5. The van der Waals surface area contributed by atoms with Crippen molar-refractivity contribution in [2.45, 2.75) is 97.8 Å². The molecular formula is C77H103N17O26P2S. The van der Waals surface area contributed by atoms with Crippen LogP contribution in [0.3, 0.4) is 0 Å². The second-order valence-corrected chi connectivity index (χ2v) is 35.2. The first-order chi connectivity index (χ1) is 57.6. The number of nitrogens with one attached hydrogen (secondary N) is 2. The predicted molar refractivity (Wildman–Crippen MR) is 446 cm³/mol. The zero-order chi connectivity index (χ0) is 91.5. The highest BCUT2D eigenvalue weighted by molar-refractivity contribution is 7.89. The number of nitro groups is 4. The van der Waals surface area contributed by atoms with Crippen LogP contribution in [0, 0.1) is 46.4 Å². The van der Waals surface area contributed by atoms with Crippen molar-refractivity contribution in [3.63, 3.8) is 0 Å². The minimum atomic E-state index is -4.88. The van der Waals surface area contributed by atoms with Crippen molar-refractivity contribution in [1.29, 1.82) is 0 Å². The summed E-state index contributed by atoms with van der Waals surface area (Å²) in [5.74, 6) is -11.0. The van der Waals surface area contributed by atoms with Gasteiger partial charge in [-0.1, -0.05) is 80.6 Å². The van der Waals surface area contributed by atoms with Crippen LogP contribution in [-0.2, 0) is 73.5 Å². The van der Waals surface area contributed by atoms with Crippen LogP contribution in [0.15, 0.2) is 128 Å². The number of hydrogen-bond acceptors (Lipinski definition) is 23. The first kappa shape index (κ1) is 99.9. The third kappa shape index (κ3) is 32.1. The molecule has 0 saturated carbocycles. The Morgan fingerprint density at radius 1 is 0.447 bits per heavy atom. The quantitative estimate of drug-likeness (QED) is 0.0113. The van der Waals surface area contributed by atoms with Crippen molar-refractivity contribution < 1.29 is 105 Å². The lowest BCUT2D eigenvalue weighted by molar-refractivity contribution is -0.385. The van der Waals surface area contributed by atoms with E-state index in [1.54, 1.807) is 51.2 Å². The van der Waals surface area contributed by atoms with Gasteiger partial charge >= 0.3 is 15.2 Å². The van der Waals surface area contributed by atoms with E-state index in [-0.39, 0.29) is 85.0 Å². The number of primary amides is 1. The molecule has 10 amide bonds. The number of nitrogens with two attached hydrogens (primary N) is 2. The number of aromatic nitrogens is 1. The molecule has 0 radical (unpaired) electrons. The van der Waals surface area contributed by atoms with E-state index in [4.69, 9.17) is 10.9 Å². The third-order valence-corrected chi connectivity index (χ3v) is 22.9. The summed E-state index contributed by atoms with van der Waals surface area (Å²) in [4.78, 5) is 243. The van der Waals surface area contributed by atoms with Gasteiger partial charge in [-0.3, -0.25) is 97.5 Å². The average molecular weight is 1780 g/mol. The molecule has 123 heavy (non-hydrogen) atoms. The SMILES string of the molecule is CC(C)CCN(CC(=O)N(CCS(N)(=O)=O)CC(=O)N(CC(N)=O)[C@@H](C)c1ccc([N+](=O)[O-])cc1)C(=O)CN(CCCP(=O)(O)O)C(=O)CN(C(=O)CN(CCc1c[nH]c2ccccc12)C(=O)CN(CCCCP(=O)(O)O)C(=O)CN(C(=O)CN(C)C(=O)CN[C@@H](C)c1ccc([N+](=O)[O-])cc1)[C@@H](C)c1ccc([N+](=O)[O-])cc1)[C@@H](C)c1ccc([N+](=O)[O-])cc1. The normalized spacial score (nSPS) is 12.6. The number of sulfonamides is 1. The van der Waals surface area contributed by atoms with Crippen molar-refractivity contribution in [3.05, 3.63) is 196 Å². The molecule has 1 aromatic heterocycles. The number of carbonyl (C=O) groups excluding carboxylic acids is 10. The molecule has 0 unspecified atom stereocenters. The first-order valence-corrected chi connectivity index (χ1v) is 44.1. The van der Waals surface area contributed by atoms with Gasteiger partial charge in [0.2, 0.25) is 69.1 Å². The fraction of sp³-hybridized carbons (Fsp3) is 0.455. The number of non-ortho nitro benzene ring substituents is 4. The predicted octanol–water partition coefficient (Wildman–Crippen LogP) is 4.41. The smallest absolute Gasteiger partial charge is 0.325 e. The Morgan fingerprint density at radius 2 is 0.797 bits per heavy atom. The second kappa shape index (κ2) is 45.8. The second-order valence-electron chi connectivity index (χ2n) is 29.9. The first-order valence-electron chi connectivity index (χ1n) is 38.8. The van der Waals surface area contributed by atoms with Gasteiger partial charge < -0.3 is 79.7 Å². The minimum Gasteiger partial charge on any atom is -0.368 e. The van der Waals surface area contributed by atoms with Crippen molar-refractivity contribution in [1.82, 2.24) is 54.4 Å². The Morgan fingerprint density at radius 3 is 1.20 bits per heavy atom. The van der Waals surface area contributed by atoms with Crippen LogP contribution in [0.2, 0.25) is 0 Å². The maximum Gasteiger partial charge on any atom is 0.325 e. The van der Waals surface area contributed by atoms with Gasteiger partial charge in [0.25, 0.3) is 22.7 Å². The molecule has 6 aromatic rings. The standard InChI is InChI=1S/C77H103N17O26P2S/c1-52(2)31-35-85(47-72(99)87(37-40-123(79,119)120)49-76(103)88(43-68(78)95)54(4)58-17-25-63(26-18-58)92(107)108)70(97)46-84(34-12-39-122(116,117)118)74(101)51-90(56(6)60-21-29-65(30-22-60)94(111)112)77(104)48-86(36-32-61-41-81-67-14-9-8-13-66(61)67)71(98)45-83(33-10-11-38-121(113,114)115)73(100)50-89(55(5)59-19-27-64(28-20-59)93(109)110)75(102)44-82(7)69(96)42-80-53(3)57-15-23-62(24-16-57)91(105)106/h8-9,13-30,41,52-56,80-81H,10-12,31-40,42-51H2,1-7H3,(H2,78,95)(H2,79,119,120)(H2,113,114,115)(H2,116,117,118)/t53-,54-,55-,56-/m0/s1. The molecule has 0 aliphatic rings. The number of nitrogens with zero attached hydrogens (tertiary/aromatic N) is 13. The van der Waals surface area contributed by atoms with Crippen molar-refractivity contribution in [2.75, 3.05) is 123 Å². The maximum atomic E-state index is 15.8. The van der Waals surface area contributed by atoms with Gasteiger partial charge in [0.05, 0.1) is 102 Å². The molecule has 668 valence electrons. The van der Waals surface area contributed by atoms with Crippen molar-refractivity contribution in [2.24, 2.45) is 16.8 Å². The molecule has 0 bridgehead atoms.